The van der Waals surface area contributed by atoms with Crippen molar-refractivity contribution in [2.75, 3.05) is 24.5 Å². The van der Waals surface area contributed by atoms with E-state index in [1.54, 1.807) is 18.2 Å². The Labute approximate surface area is 232 Å². The number of anilines is 1. The first-order chi connectivity index (χ1) is 19.5. The van der Waals surface area contributed by atoms with E-state index in [4.69, 9.17) is 10.2 Å². The molecule has 2 aromatic rings. The zero-order chi connectivity index (χ0) is 29.8. The van der Waals surface area contributed by atoms with E-state index in [2.05, 4.69) is 10.2 Å². The maximum Gasteiger partial charge on any atom is 0.326 e. The lowest BCUT2D eigenvalue weighted by atomic mass is 9.92. The first-order valence-corrected chi connectivity index (χ1v) is 12.9. The molecular weight excluding hydrogens is 540 g/mol. The van der Waals surface area contributed by atoms with Gasteiger partial charge in [0, 0.05) is 40.7 Å². The molecule has 0 unspecified atom stereocenters. The van der Waals surface area contributed by atoms with Crippen molar-refractivity contribution in [2.45, 2.75) is 44.2 Å². The van der Waals surface area contributed by atoms with Crippen LogP contribution in [0.1, 0.15) is 52.8 Å². The van der Waals surface area contributed by atoms with Crippen LogP contribution in [0.25, 0.3) is 10.8 Å². The molecule has 0 bridgehead atoms. The fourth-order valence-corrected chi connectivity index (χ4v) is 5.10. The van der Waals surface area contributed by atoms with E-state index >= 15 is 0 Å². The molecule has 1 fully saturated rings. The number of imide groups is 1. The summed E-state index contributed by atoms with van der Waals surface area (Å²) in [4.78, 5) is 88.6. The van der Waals surface area contributed by atoms with Crippen molar-refractivity contribution in [1.82, 2.24) is 15.5 Å². The average Bonchev–Trinajstić information content (AvgIpc) is 2.92. The van der Waals surface area contributed by atoms with E-state index in [1.807, 2.05) is 17.4 Å². The molecule has 2 aliphatic heterocycles. The average molecular weight is 569 g/mol. The summed E-state index contributed by atoms with van der Waals surface area (Å²) < 4.78 is 0. The summed E-state index contributed by atoms with van der Waals surface area (Å²) in [6.45, 7) is 0.852. The van der Waals surface area contributed by atoms with Gasteiger partial charge in [0.2, 0.25) is 11.8 Å². The smallest absolute Gasteiger partial charge is 0.326 e. The summed E-state index contributed by atoms with van der Waals surface area (Å²) in [5.74, 6) is -8.54. The molecule has 216 valence electrons. The number of hydrogen-bond acceptors (Lipinski definition) is 8. The molecule has 2 heterocycles. The van der Waals surface area contributed by atoms with Crippen molar-refractivity contribution < 1.29 is 48.9 Å². The molecule has 4 rings (SSSR count). The van der Waals surface area contributed by atoms with Crippen LogP contribution in [-0.2, 0) is 24.0 Å². The Bertz CT molecular complexity index is 1430. The summed E-state index contributed by atoms with van der Waals surface area (Å²) in [6, 6.07) is 4.77. The van der Waals surface area contributed by atoms with Crippen LogP contribution in [0.4, 0.5) is 5.69 Å². The van der Waals surface area contributed by atoms with Crippen molar-refractivity contribution in [3.8, 4) is 0 Å². The number of carbonyl (C=O) groups is 7. The van der Waals surface area contributed by atoms with Crippen LogP contribution < -0.4 is 15.5 Å². The highest BCUT2D eigenvalue weighted by Crippen LogP contribution is 2.36. The molecule has 1 saturated heterocycles. The van der Waals surface area contributed by atoms with Gasteiger partial charge < -0.3 is 30.9 Å². The van der Waals surface area contributed by atoms with Crippen LogP contribution in [0.15, 0.2) is 30.3 Å². The number of benzene rings is 2. The van der Waals surface area contributed by atoms with E-state index in [1.165, 1.54) is 0 Å². The molecule has 0 saturated carbocycles. The highest BCUT2D eigenvalue weighted by atomic mass is 16.4. The van der Waals surface area contributed by atoms with Gasteiger partial charge in [-0.1, -0.05) is 12.1 Å². The summed E-state index contributed by atoms with van der Waals surface area (Å²) in [5, 5.41) is 32.4. The SMILES string of the molecule is O=C(O)C[C@H](NC(=O)[C@H](CC(=O)O)NC(=O)CN1C(=O)c2cccc3c(N4CCCCC4)ccc(c23)C1=O)C(=O)O. The standard InChI is InChI=1S/C27H28N4O10/c32-20(28-17(11-21(33)34)24(37)29-18(27(40)41)12-22(35)36)13-31-25(38)15-6-4-5-14-19(30-9-2-1-3-10-30)8-7-16(23(14)15)26(31)39/h4-8,17-18H,1-3,9-13H2,(H,28,32)(H,29,37)(H,33,34)(H,35,36)(H,40,41)/t17-,18-/m0/s1. The first kappa shape index (κ1) is 29.0. The molecule has 14 nitrogen and oxygen atoms in total. The molecule has 4 amide bonds. The van der Waals surface area contributed by atoms with Gasteiger partial charge in [0.05, 0.1) is 12.8 Å². The Balaban J connectivity index is 1.54. The second kappa shape index (κ2) is 12.0. The van der Waals surface area contributed by atoms with Crippen molar-refractivity contribution in [2.24, 2.45) is 0 Å². The Morgan fingerprint density at radius 2 is 1.39 bits per heavy atom. The van der Waals surface area contributed by atoms with Crippen molar-refractivity contribution in [3.05, 3.63) is 41.5 Å². The van der Waals surface area contributed by atoms with Crippen molar-refractivity contribution in [3.63, 3.8) is 0 Å². The number of nitrogens with zero attached hydrogens (tertiary/aromatic N) is 2. The number of carboxylic acids is 3. The minimum Gasteiger partial charge on any atom is -0.481 e. The summed E-state index contributed by atoms with van der Waals surface area (Å²) in [6.07, 6.45) is 1.22. The van der Waals surface area contributed by atoms with Gasteiger partial charge in [-0.2, -0.15) is 0 Å². The molecule has 41 heavy (non-hydrogen) atoms. The molecule has 2 aliphatic rings. The van der Waals surface area contributed by atoms with Gasteiger partial charge >= 0.3 is 17.9 Å². The van der Waals surface area contributed by atoms with Gasteiger partial charge in [0.15, 0.2) is 0 Å². The molecular formula is C27H28N4O10. The van der Waals surface area contributed by atoms with Gasteiger partial charge in [0.25, 0.3) is 11.8 Å². The molecule has 0 aliphatic carbocycles. The number of amides is 4. The van der Waals surface area contributed by atoms with E-state index in [0.717, 1.165) is 43.4 Å². The van der Waals surface area contributed by atoms with E-state index in [-0.39, 0.29) is 11.1 Å². The number of hydrogen-bond donors (Lipinski definition) is 5. The quantitative estimate of drug-likeness (QED) is 0.235. The molecule has 0 spiro atoms. The Morgan fingerprint density at radius 1 is 0.780 bits per heavy atom. The Hall–Kier alpha value is -5.01. The number of rotatable bonds is 11. The van der Waals surface area contributed by atoms with Gasteiger partial charge in [-0.3, -0.25) is 33.7 Å². The van der Waals surface area contributed by atoms with Gasteiger partial charge in [-0.05, 0) is 37.5 Å². The van der Waals surface area contributed by atoms with Gasteiger partial charge in [-0.25, -0.2) is 4.79 Å². The summed E-state index contributed by atoms with van der Waals surface area (Å²) in [7, 11) is 0. The fraction of sp³-hybridized carbons (Fsp3) is 0.370. The summed E-state index contributed by atoms with van der Waals surface area (Å²) in [5.41, 5.74) is 1.32. The molecule has 0 aromatic heterocycles. The maximum atomic E-state index is 13.4. The zero-order valence-corrected chi connectivity index (χ0v) is 21.8. The Kier molecular flexibility index (Phi) is 8.50. The molecule has 14 heteroatoms. The molecule has 2 atom stereocenters. The third kappa shape index (κ3) is 6.26. The topological polar surface area (TPSA) is 211 Å². The summed E-state index contributed by atoms with van der Waals surface area (Å²) >= 11 is 0. The number of nitrogens with one attached hydrogen (secondary N) is 2. The number of carbonyl (C=O) groups excluding carboxylic acids is 4. The van der Waals surface area contributed by atoms with Gasteiger partial charge in [-0.15, -0.1) is 0 Å². The number of piperidine rings is 1. The number of aliphatic carboxylic acids is 3. The van der Waals surface area contributed by atoms with Crippen LogP contribution in [0.3, 0.4) is 0 Å². The highest BCUT2D eigenvalue weighted by molar-refractivity contribution is 6.27. The van der Waals surface area contributed by atoms with Gasteiger partial charge in [0.1, 0.15) is 18.6 Å². The second-order valence-electron chi connectivity index (χ2n) is 9.82. The number of carboxylic acid groups (broad SMARTS) is 3. The van der Waals surface area contributed by atoms with Crippen LogP contribution >= 0.6 is 0 Å². The second-order valence-corrected chi connectivity index (χ2v) is 9.82. The molecule has 0 radical (unpaired) electrons. The highest BCUT2D eigenvalue weighted by Gasteiger charge is 2.36. The third-order valence-corrected chi connectivity index (χ3v) is 6.99. The largest absolute Gasteiger partial charge is 0.481 e. The van der Waals surface area contributed by atoms with E-state index in [9.17, 15) is 38.7 Å². The van der Waals surface area contributed by atoms with Crippen LogP contribution in [0, 0.1) is 0 Å². The lowest BCUT2D eigenvalue weighted by Gasteiger charge is -2.32. The van der Waals surface area contributed by atoms with E-state index < -0.39 is 73.0 Å². The predicted molar refractivity (Wildman–Crippen MR) is 141 cm³/mol. The van der Waals surface area contributed by atoms with Crippen molar-refractivity contribution >= 4 is 58.0 Å². The van der Waals surface area contributed by atoms with E-state index in [0.29, 0.717) is 10.3 Å². The van der Waals surface area contributed by atoms with Crippen molar-refractivity contribution in [1.29, 1.82) is 0 Å². The van der Waals surface area contributed by atoms with Crippen LogP contribution in [0.5, 0.6) is 0 Å². The van der Waals surface area contributed by atoms with Crippen LogP contribution in [-0.4, -0.2) is 93.5 Å². The van der Waals surface area contributed by atoms with Crippen LogP contribution in [0.2, 0.25) is 0 Å². The maximum absolute atomic E-state index is 13.4. The third-order valence-electron chi connectivity index (χ3n) is 6.99. The molecule has 2 aromatic carbocycles. The first-order valence-electron chi connectivity index (χ1n) is 12.9. The monoisotopic (exact) mass is 568 g/mol. The minimum atomic E-state index is -1.88. The fourth-order valence-electron chi connectivity index (χ4n) is 5.10. The lowest BCUT2D eigenvalue weighted by molar-refractivity contribution is -0.148. The molecule has 5 N–H and O–H groups in total. The Morgan fingerprint density at radius 3 is 2.00 bits per heavy atom. The normalized spacial score (nSPS) is 16.2. The lowest BCUT2D eigenvalue weighted by Crippen LogP contribution is -2.55. The predicted octanol–water partition coefficient (Wildman–Crippen LogP) is 0.430. The zero-order valence-electron chi connectivity index (χ0n) is 21.8. The minimum absolute atomic E-state index is 0.210.